The average molecular weight is 918 g/mol. The maximum atomic E-state index is 7.30. The molecule has 0 bridgehead atoms. The molecule has 342 valence electrons. The summed E-state index contributed by atoms with van der Waals surface area (Å²) in [6.45, 7) is 26.4. The van der Waals surface area contributed by atoms with Gasteiger partial charge in [0.2, 0.25) is 5.69 Å². The summed E-state index contributed by atoms with van der Waals surface area (Å²) in [5, 5.41) is 3.77. The Morgan fingerprint density at radius 2 is 1.23 bits per heavy atom. The molecule has 0 aliphatic carbocycles. The fourth-order valence-electron chi connectivity index (χ4n) is 11.9. The van der Waals surface area contributed by atoms with E-state index in [0.29, 0.717) is 5.92 Å². The van der Waals surface area contributed by atoms with Crippen LogP contribution in [0.1, 0.15) is 83.2 Å². The van der Waals surface area contributed by atoms with Gasteiger partial charge in [0.25, 0.3) is 0 Å². The second-order valence-corrected chi connectivity index (χ2v) is 28.4. The molecule has 4 nitrogen and oxygen atoms in total. The van der Waals surface area contributed by atoms with Gasteiger partial charge in [-0.05, 0) is 106 Å². The third-order valence-corrected chi connectivity index (χ3v) is 17.2. The average Bonchev–Trinajstić information content (AvgIpc) is 4.03. The number of benzene rings is 7. The molecule has 12 rings (SSSR count). The van der Waals surface area contributed by atoms with E-state index in [1.54, 1.807) is 0 Å². The Hall–Kier alpha value is -6.82. The number of hydrogen-bond donors (Lipinski definition) is 0. The lowest BCUT2D eigenvalue weighted by Crippen LogP contribution is -2.72. The quantitative estimate of drug-likeness (QED) is 0.121. The second kappa shape index (κ2) is 15.1. The second-order valence-electron chi connectivity index (χ2n) is 23.3. The maximum absolute atomic E-state index is 7.30. The molecule has 1 unspecified atom stereocenters. The molecule has 5 heterocycles. The Morgan fingerprint density at radius 3 is 1.87 bits per heavy atom. The highest BCUT2D eigenvalue weighted by Crippen LogP contribution is 2.54. The molecular weight excluding hydrogens is 855 g/mol. The van der Waals surface area contributed by atoms with E-state index in [1.165, 1.54) is 72.0 Å². The highest BCUT2D eigenvalue weighted by molar-refractivity contribution is 6.89. The molecule has 1 atom stereocenters. The molecular formula is C64H63N3OSi+2. The van der Waals surface area contributed by atoms with Gasteiger partial charge >= 0.3 is 11.5 Å². The molecule has 5 heteroatoms. The van der Waals surface area contributed by atoms with Gasteiger partial charge < -0.3 is 4.42 Å². The number of rotatable bonds is 6. The molecule has 0 radical (unpaired) electrons. The Bertz CT molecular complexity index is 3660. The first kappa shape index (κ1) is 43.5. The van der Waals surface area contributed by atoms with Crippen molar-refractivity contribution in [2.75, 3.05) is 0 Å². The van der Waals surface area contributed by atoms with E-state index in [9.17, 15) is 0 Å². The molecule has 1 spiro atoms. The van der Waals surface area contributed by atoms with Gasteiger partial charge in [-0.25, -0.2) is 0 Å². The topological polar surface area (TPSA) is 25.8 Å². The normalized spacial score (nSPS) is 15.4. The molecule has 2 aliphatic rings. The predicted octanol–water partition coefficient (Wildman–Crippen LogP) is 15.0. The zero-order valence-electron chi connectivity index (χ0n) is 42.1. The predicted molar refractivity (Wildman–Crippen MR) is 290 cm³/mol. The van der Waals surface area contributed by atoms with Crippen molar-refractivity contribution in [3.63, 3.8) is 0 Å². The van der Waals surface area contributed by atoms with E-state index in [4.69, 9.17) is 4.42 Å². The molecule has 0 fully saturated rings. The minimum absolute atomic E-state index is 0.0858. The van der Waals surface area contributed by atoms with E-state index in [0.717, 1.165) is 51.0 Å². The SMILES string of the molecule is CC(C)Cc1cc2[n+](cc1[Si](C)(C)C)C1(c3cc(C(C)(C)C)ccc3-2)c2ccc3c(oc4ccccc43)c2-c2n(-c3c(-c4ccccc4)cc(C(C)(C)C)cc3-c3ccccc3)c3ccccc3[n+]21. The molecule has 0 saturated carbocycles. The number of pyridine rings is 1. The first-order valence-electron chi connectivity index (χ1n) is 25.0. The van der Waals surface area contributed by atoms with Crippen molar-refractivity contribution in [2.24, 2.45) is 5.92 Å². The summed E-state index contributed by atoms with van der Waals surface area (Å²) in [7, 11) is -1.91. The maximum Gasteiger partial charge on any atom is 0.364 e. The van der Waals surface area contributed by atoms with Crippen LogP contribution in [0.4, 0.5) is 0 Å². The van der Waals surface area contributed by atoms with Crippen molar-refractivity contribution in [1.29, 1.82) is 0 Å². The third kappa shape index (κ3) is 6.38. The van der Waals surface area contributed by atoms with E-state index in [2.05, 4.69) is 253 Å². The summed E-state index contributed by atoms with van der Waals surface area (Å²) in [4.78, 5) is 0. The van der Waals surface area contributed by atoms with Gasteiger partial charge in [-0.2, -0.15) is 4.57 Å². The summed E-state index contributed by atoms with van der Waals surface area (Å²) in [6, 6.07) is 59.6. The fourth-order valence-corrected chi connectivity index (χ4v) is 13.5. The Balaban J connectivity index is 1.35. The van der Waals surface area contributed by atoms with Gasteiger partial charge in [0.15, 0.2) is 22.8 Å². The highest BCUT2D eigenvalue weighted by atomic mass is 28.3. The van der Waals surface area contributed by atoms with Crippen molar-refractivity contribution in [1.82, 2.24) is 4.57 Å². The van der Waals surface area contributed by atoms with Crippen LogP contribution in [0.2, 0.25) is 19.6 Å². The summed E-state index contributed by atoms with van der Waals surface area (Å²) in [6.07, 6.45) is 3.65. The zero-order chi connectivity index (χ0) is 47.9. The fraction of sp³-hybridized carbons (Fsp3) is 0.250. The molecule has 0 amide bonds. The molecule has 0 N–H and O–H groups in total. The Morgan fingerprint density at radius 1 is 0.609 bits per heavy atom. The third-order valence-electron chi connectivity index (χ3n) is 15.1. The smallest absolute Gasteiger partial charge is 0.364 e. The van der Waals surface area contributed by atoms with Crippen LogP contribution in [0.5, 0.6) is 0 Å². The van der Waals surface area contributed by atoms with E-state index >= 15 is 0 Å². The van der Waals surface area contributed by atoms with Crippen molar-refractivity contribution in [3.05, 3.63) is 192 Å². The molecule has 10 aromatic rings. The summed E-state index contributed by atoms with van der Waals surface area (Å²) >= 11 is 0. The van der Waals surface area contributed by atoms with Gasteiger partial charge in [-0.15, -0.1) is 9.13 Å². The lowest BCUT2D eigenvalue weighted by atomic mass is 9.81. The Labute approximate surface area is 408 Å². The number of aromatic nitrogens is 3. The number of hydrogen-bond acceptors (Lipinski definition) is 1. The van der Waals surface area contributed by atoms with Crippen molar-refractivity contribution in [3.8, 4) is 50.6 Å². The zero-order valence-corrected chi connectivity index (χ0v) is 43.1. The molecule has 3 aromatic heterocycles. The highest BCUT2D eigenvalue weighted by Gasteiger charge is 2.67. The van der Waals surface area contributed by atoms with Crippen LogP contribution in [-0.4, -0.2) is 12.6 Å². The van der Waals surface area contributed by atoms with Gasteiger partial charge in [0.1, 0.15) is 16.8 Å². The van der Waals surface area contributed by atoms with Crippen LogP contribution in [0.25, 0.3) is 83.6 Å². The minimum atomic E-state index is -1.91. The van der Waals surface area contributed by atoms with Gasteiger partial charge in [0.05, 0.1) is 24.8 Å². The molecule has 2 aliphatic heterocycles. The number of nitrogens with zero attached hydrogens (tertiary/aromatic N) is 3. The lowest BCUT2D eigenvalue weighted by Gasteiger charge is -2.25. The summed E-state index contributed by atoms with van der Waals surface area (Å²) in [5.41, 5.74) is 19.3. The largest absolute Gasteiger partial charge is 0.455 e. The molecule has 69 heavy (non-hydrogen) atoms. The standard InChI is InChI=1S/C64H63N3OSi/c1-40(2)34-43-35-55-48-31-30-44(62(3,4)5)38-52(48)64(65(55)39-57(43)69(9,10)11)51-33-32-47-46-26-18-21-29-56(46)68-60(47)58(51)61-66(53-27-19-20-28-54(53)67(61)64)59-49(41-22-14-12-15-23-41)36-45(63(6,7)8)37-50(59)42-24-16-13-17-25-42/h12-33,35-40H,34H2,1-11H3/q+2. The summed E-state index contributed by atoms with van der Waals surface area (Å²) in [5.74, 6) is 1.64. The first-order chi connectivity index (χ1) is 33.0. The van der Waals surface area contributed by atoms with Gasteiger partial charge in [0, 0.05) is 33.2 Å². The number of furan rings is 1. The van der Waals surface area contributed by atoms with Crippen LogP contribution in [0.15, 0.2) is 168 Å². The van der Waals surface area contributed by atoms with E-state index < -0.39 is 13.7 Å². The minimum Gasteiger partial charge on any atom is -0.455 e. The number of fused-ring (bicyclic) bond motifs is 16. The molecule has 7 aromatic carbocycles. The van der Waals surface area contributed by atoms with Crippen LogP contribution in [-0.2, 0) is 22.9 Å². The number of imidazole rings is 1. The van der Waals surface area contributed by atoms with Crippen molar-refractivity contribution < 1.29 is 13.6 Å². The first-order valence-corrected chi connectivity index (χ1v) is 28.5. The van der Waals surface area contributed by atoms with Crippen molar-refractivity contribution in [2.45, 2.75) is 97.9 Å². The van der Waals surface area contributed by atoms with E-state index in [-0.39, 0.29) is 10.8 Å². The monoisotopic (exact) mass is 917 g/mol. The van der Waals surface area contributed by atoms with Crippen LogP contribution >= 0.6 is 0 Å². The number of para-hydroxylation sites is 3. The van der Waals surface area contributed by atoms with Crippen LogP contribution in [0.3, 0.4) is 0 Å². The summed E-state index contributed by atoms with van der Waals surface area (Å²) < 4.78 is 15.4. The molecule has 0 saturated heterocycles. The van der Waals surface area contributed by atoms with Gasteiger partial charge in [-0.1, -0.05) is 172 Å². The van der Waals surface area contributed by atoms with Crippen molar-refractivity contribution >= 4 is 46.2 Å². The van der Waals surface area contributed by atoms with Gasteiger partial charge in [-0.3, -0.25) is 0 Å². The lowest BCUT2D eigenvalue weighted by molar-refractivity contribution is -0.944. The van der Waals surface area contributed by atoms with Crippen LogP contribution in [0, 0.1) is 5.92 Å². The van der Waals surface area contributed by atoms with E-state index in [1.807, 2.05) is 0 Å². The Kier molecular flexibility index (Phi) is 9.50. The van der Waals surface area contributed by atoms with Crippen LogP contribution < -0.4 is 14.3 Å².